The van der Waals surface area contributed by atoms with E-state index >= 15 is 0 Å². The van der Waals surface area contributed by atoms with Gasteiger partial charge < -0.3 is 4.74 Å². The van der Waals surface area contributed by atoms with Crippen LogP contribution in [0.4, 0.5) is 0 Å². The highest BCUT2D eigenvalue weighted by molar-refractivity contribution is 9.10. The first-order valence-electron chi connectivity index (χ1n) is 5.91. The van der Waals surface area contributed by atoms with Crippen molar-refractivity contribution in [2.45, 2.75) is 32.6 Å². The molecule has 0 saturated carbocycles. The Morgan fingerprint density at radius 3 is 2.17 bits per heavy atom. The molecular formula is C14H15BrN2O. The third-order valence-corrected chi connectivity index (χ3v) is 2.95. The molecule has 18 heavy (non-hydrogen) atoms. The molecule has 0 aliphatic rings. The Morgan fingerprint density at radius 2 is 1.72 bits per heavy atom. The second-order valence-corrected chi connectivity index (χ2v) is 4.84. The lowest BCUT2D eigenvalue weighted by atomic mass is 10.0. The highest BCUT2D eigenvalue weighted by Gasteiger charge is 2.11. The molecule has 0 aliphatic heterocycles. The molecule has 1 aromatic rings. The van der Waals surface area contributed by atoms with E-state index in [1.807, 2.05) is 12.1 Å². The minimum Gasteiger partial charge on any atom is -0.493 e. The maximum atomic E-state index is 8.84. The van der Waals surface area contributed by atoms with Gasteiger partial charge in [0, 0.05) is 15.6 Å². The zero-order valence-electron chi connectivity index (χ0n) is 10.4. The zero-order valence-corrected chi connectivity index (χ0v) is 12.0. The molecule has 0 saturated heterocycles. The number of hydrogen-bond acceptors (Lipinski definition) is 3. The van der Waals surface area contributed by atoms with Gasteiger partial charge in [-0.15, -0.1) is 0 Å². The number of hydrogen-bond donors (Lipinski definition) is 0. The van der Waals surface area contributed by atoms with Crippen molar-refractivity contribution < 1.29 is 4.74 Å². The van der Waals surface area contributed by atoms with Crippen molar-refractivity contribution in [3.63, 3.8) is 0 Å². The SMILES string of the molecule is CCCCOc1c(CC#N)cc(Br)cc1CC#N. The first-order valence-corrected chi connectivity index (χ1v) is 6.70. The van der Waals surface area contributed by atoms with Gasteiger partial charge in [-0.2, -0.15) is 10.5 Å². The molecule has 94 valence electrons. The van der Waals surface area contributed by atoms with Gasteiger partial charge in [0.25, 0.3) is 0 Å². The lowest BCUT2D eigenvalue weighted by Gasteiger charge is -2.14. The van der Waals surface area contributed by atoms with Gasteiger partial charge in [0.15, 0.2) is 0 Å². The van der Waals surface area contributed by atoms with Crippen LogP contribution in [-0.2, 0) is 12.8 Å². The Morgan fingerprint density at radius 1 is 1.17 bits per heavy atom. The molecule has 1 rings (SSSR count). The van der Waals surface area contributed by atoms with Gasteiger partial charge in [-0.25, -0.2) is 0 Å². The quantitative estimate of drug-likeness (QED) is 0.752. The summed E-state index contributed by atoms with van der Waals surface area (Å²) in [7, 11) is 0. The Hall–Kier alpha value is -1.52. The number of benzene rings is 1. The Balaban J connectivity index is 3.07. The van der Waals surface area contributed by atoms with E-state index in [1.165, 1.54) is 0 Å². The van der Waals surface area contributed by atoms with Gasteiger partial charge in [0.1, 0.15) is 5.75 Å². The maximum Gasteiger partial charge on any atom is 0.127 e. The molecule has 0 radical (unpaired) electrons. The van der Waals surface area contributed by atoms with Crippen LogP contribution in [0.25, 0.3) is 0 Å². The predicted octanol–water partition coefficient (Wildman–Crippen LogP) is 3.76. The van der Waals surface area contributed by atoms with Crippen LogP contribution in [0.1, 0.15) is 30.9 Å². The number of nitriles is 2. The Bertz CT molecular complexity index is 449. The molecule has 0 heterocycles. The van der Waals surface area contributed by atoms with Gasteiger partial charge >= 0.3 is 0 Å². The summed E-state index contributed by atoms with van der Waals surface area (Å²) in [6.07, 6.45) is 2.60. The molecule has 3 nitrogen and oxygen atoms in total. The van der Waals surface area contributed by atoms with E-state index in [0.717, 1.165) is 28.4 Å². The summed E-state index contributed by atoms with van der Waals surface area (Å²) in [6, 6.07) is 8.02. The van der Waals surface area contributed by atoms with Gasteiger partial charge in [0.2, 0.25) is 0 Å². The Kier molecular flexibility index (Phi) is 6.25. The Labute approximate surface area is 116 Å². The molecule has 0 spiro atoms. The van der Waals surface area contributed by atoms with Crippen molar-refractivity contribution in [3.8, 4) is 17.9 Å². The van der Waals surface area contributed by atoms with Crippen LogP contribution in [0.2, 0.25) is 0 Å². The third kappa shape index (κ3) is 4.05. The topological polar surface area (TPSA) is 56.8 Å². The van der Waals surface area contributed by atoms with Gasteiger partial charge in [-0.3, -0.25) is 0 Å². The van der Waals surface area contributed by atoms with E-state index in [9.17, 15) is 0 Å². The van der Waals surface area contributed by atoms with E-state index in [1.54, 1.807) is 0 Å². The fraction of sp³-hybridized carbons (Fsp3) is 0.429. The van der Waals surface area contributed by atoms with E-state index in [4.69, 9.17) is 15.3 Å². The molecule has 4 heteroatoms. The van der Waals surface area contributed by atoms with E-state index in [0.29, 0.717) is 25.2 Å². The summed E-state index contributed by atoms with van der Waals surface area (Å²) in [5, 5.41) is 17.7. The smallest absolute Gasteiger partial charge is 0.127 e. The maximum absolute atomic E-state index is 8.84. The molecule has 0 fully saturated rings. The standard InChI is InChI=1S/C14H15BrN2O/c1-2-3-8-18-14-11(4-6-16)9-13(15)10-12(14)5-7-17/h9-10H,2-5,8H2,1H3. The normalized spacial score (nSPS) is 9.56. The number of ether oxygens (including phenoxy) is 1. The summed E-state index contributed by atoms with van der Waals surface area (Å²) in [4.78, 5) is 0. The lowest BCUT2D eigenvalue weighted by molar-refractivity contribution is 0.304. The molecule has 0 bridgehead atoms. The summed E-state index contributed by atoms with van der Waals surface area (Å²) < 4.78 is 6.62. The average molecular weight is 307 g/mol. The van der Waals surface area contributed by atoms with Crippen LogP contribution < -0.4 is 4.74 Å². The second kappa shape index (κ2) is 7.74. The van der Waals surface area contributed by atoms with Crippen LogP contribution >= 0.6 is 15.9 Å². The van der Waals surface area contributed by atoms with Crippen LogP contribution in [0.5, 0.6) is 5.75 Å². The van der Waals surface area contributed by atoms with Crippen molar-refractivity contribution in [1.82, 2.24) is 0 Å². The van der Waals surface area contributed by atoms with Crippen molar-refractivity contribution in [2.24, 2.45) is 0 Å². The minimum atomic E-state index is 0.291. The number of halogens is 1. The van der Waals surface area contributed by atoms with E-state index in [2.05, 4.69) is 35.0 Å². The number of nitrogens with zero attached hydrogens (tertiary/aromatic N) is 2. The molecule has 1 aromatic carbocycles. The van der Waals surface area contributed by atoms with Crippen molar-refractivity contribution in [1.29, 1.82) is 10.5 Å². The van der Waals surface area contributed by atoms with E-state index in [-0.39, 0.29) is 0 Å². The summed E-state index contributed by atoms with van der Waals surface area (Å²) in [6.45, 7) is 2.71. The van der Waals surface area contributed by atoms with Crippen molar-refractivity contribution in [3.05, 3.63) is 27.7 Å². The predicted molar refractivity (Wildman–Crippen MR) is 73.2 cm³/mol. The highest BCUT2D eigenvalue weighted by Crippen LogP contribution is 2.29. The summed E-state index contributed by atoms with van der Waals surface area (Å²) in [5.41, 5.74) is 1.68. The van der Waals surface area contributed by atoms with Gasteiger partial charge in [0.05, 0.1) is 31.6 Å². The average Bonchev–Trinajstić information content (AvgIpc) is 2.33. The molecule has 0 N–H and O–H groups in total. The number of unbranched alkanes of at least 4 members (excludes halogenated alkanes) is 1. The van der Waals surface area contributed by atoms with Crippen LogP contribution in [0.15, 0.2) is 16.6 Å². The largest absolute Gasteiger partial charge is 0.493 e. The lowest BCUT2D eigenvalue weighted by Crippen LogP contribution is -2.03. The number of rotatable bonds is 6. The molecule has 0 unspecified atom stereocenters. The van der Waals surface area contributed by atoms with Gasteiger partial charge in [-0.05, 0) is 18.6 Å². The molecule has 0 aromatic heterocycles. The monoisotopic (exact) mass is 306 g/mol. The zero-order chi connectivity index (χ0) is 13.4. The highest BCUT2D eigenvalue weighted by atomic mass is 79.9. The van der Waals surface area contributed by atoms with Crippen molar-refractivity contribution >= 4 is 15.9 Å². The second-order valence-electron chi connectivity index (χ2n) is 3.92. The molecule has 0 atom stereocenters. The summed E-state index contributed by atoms with van der Waals surface area (Å²) >= 11 is 3.39. The fourth-order valence-corrected chi connectivity index (χ4v) is 2.20. The van der Waals surface area contributed by atoms with Crippen LogP contribution in [-0.4, -0.2) is 6.61 Å². The van der Waals surface area contributed by atoms with E-state index < -0.39 is 0 Å². The third-order valence-electron chi connectivity index (χ3n) is 2.49. The fourth-order valence-electron chi connectivity index (χ4n) is 1.65. The van der Waals surface area contributed by atoms with Crippen LogP contribution in [0.3, 0.4) is 0 Å². The van der Waals surface area contributed by atoms with Crippen LogP contribution in [0, 0.1) is 22.7 Å². The molecular weight excluding hydrogens is 292 g/mol. The van der Waals surface area contributed by atoms with Crippen molar-refractivity contribution in [2.75, 3.05) is 6.61 Å². The minimum absolute atomic E-state index is 0.291. The summed E-state index contributed by atoms with van der Waals surface area (Å²) in [5.74, 6) is 0.703. The molecule has 0 amide bonds. The molecule has 0 aliphatic carbocycles. The first-order chi connectivity index (χ1) is 8.72. The van der Waals surface area contributed by atoms with Gasteiger partial charge in [-0.1, -0.05) is 29.3 Å². The first kappa shape index (κ1) is 14.5.